The molecule has 4 heteroatoms. The summed E-state index contributed by atoms with van der Waals surface area (Å²) < 4.78 is 5.12. The van der Waals surface area contributed by atoms with Crippen LogP contribution in [0.2, 0.25) is 0 Å². The normalized spacial score (nSPS) is 20.3. The lowest BCUT2D eigenvalue weighted by molar-refractivity contribution is -0.169. The summed E-state index contributed by atoms with van der Waals surface area (Å²) in [5, 5.41) is 10.0. The number of cyclic esters (lactones) is 1. The first-order valence-corrected chi connectivity index (χ1v) is 12.9. The lowest BCUT2D eigenvalue weighted by Crippen LogP contribution is -2.49. The van der Waals surface area contributed by atoms with E-state index in [0.29, 0.717) is 6.42 Å². The summed E-state index contributed by atoms with van der Waals surface area (Å²) in [6.45, 7) is 2.28. The summed E-state index contributed by atoms with van der Waals surface area (Å²) in [7, 11) is 0. The van der Waals surface area contributed by atoms with Gasteiger partial charge in [0, 0.05) is 6.42 Å². The fourth-order valence-electron chi connectivity index (χ4n) is 3.91. The molecular weight excluding hydrogens is 356 g/mol. The number of hydrogen-bond acceptors (Lipinski definition) is 4. The van der Waals surface area contributed by atoms with Gasteiger partial charge in [-0.05, 0) is 12.7 Å². The fraction of sp³-hybridized carbons (Fsp3) is 0.957. The van der Waals surface area contributed by atoms with Crippen molar-refractivity contribution < 1.29 is 14.6 Å². The van der Waals surface area contributed by atoms with Crippen molar-refractivity contribution in [3.05, 3.63) is 0 Å². The quantitative estimate of drug-likeness (QED) is 0.195. The molecule has 0 aliphatic carbocycles. The summed E-state index contributed by atoms with van der Waals surface area (Å²) >= 11 is 1.53. The largest absolute Gasteiger partial charge is 0.460 e. The van der Waals surface area contributed by atoms with Gasteiger partial charge in [0.15, 0.2) is 0 Å². The lowest BCUT2D eigenvalue weighted by atomic mass is 9.99. The molecule has 0 aromatic heterocycles. The van der Waals surface area contributed by atoms with E-state index in [1.165, 1.54) is 102 Å². The number of carbonyl (C=O) groups is 1. The van der Waals surface area contributed by atoms with Crippen LogP contribution >= 0.6 is 11.8 Å². The molecule has 1 N–H and O–H groups in total. The Bertz CT molecular complexity index is 362. The van der Waals surface area contributed by atoms with Crippen LogP contribution in [-0.2, 0) is 9.53 Å². The standard InChI is InChI=1S/C23H44O3S/c1-3-4-5-6-7-8-9-10-11-12-13-14-15-16-17-18-20(24)19-21-22(27-2)23(25)26-21/h20-22,24H,3-19H2,1-2H3. The van der Waals surface area contributed by atoms with Crippen molar-refractivity contribution in [2.45, 2.75) is 134 Å². The zero-order valence-corrected chi connectivity index (χ0v) is 18.7. The van der Waals surface area contributed by atoms with E-state index in [9.17, 15) is 9.90 Å². The number of thioether (sulfide) groups is 1. The molecule has 0 spiro atoms. The molecule has 1 saturated heterocycles. The lowest BCUT2D eigenvalue weighted by Gasteiger charge is -2.35. The monoisotopic (exact) mass is 400 g/mol. The van der Waals surface area contributed by atoms with E-state index in [0.717, 1.165) is 12.8 Å². The van der Waals surface area contributed by atoms with Crippen LogP contribution in [0.1, 0.15) is 116 Å². The predicted octanol–water partition coefficient (Wildman–Crippen LogP) is 6.66. The van der Waals surface area contributed by atoms with E-state index in [1.807, 2.05) is 6.26 Å². The molecule has 1 heterocycles. The molecule has 1 aliphatic heterocycles. The Morgan fingerprint density at radius 3 is 1.70 bits per heavy atom. The molecule has 0 aromatic carbocycles. The van der Waals surface area contributed by atoms with Crippen LogP contribution < -0.4 is 0 Å². The van der Waals surface area contributed by atoms with Crippen LogP contribution in [0.3, 0.4) is 0 Å². The highest BCUT2D eigenvalue weighted by Gasteiger charge is 2.42. The molecule has 3 unspecified atom stereocenters. The molecule has 1 rings (SSSR count). The maximum absolute atomic E-state index is 11.2. The van der Waals surface area contributed by atoms with Gasteiger partial charge in [-0.25, -0.2) is 0 Å². The number of ether oxygens (including phenoxy) is 1. The van der Waals surface area contributed by atoms with Gasteiger partial charge in [0.2, 0.25) is 0 Å². The average Bonchev–Trinajstić information content (AvgIpc) is 2.64. The van der Waals surface area contributed by atoms with Crippen LogP contribution in [0.5, 0.6) is 0 Å². The summed E-state index contributed by atoms with van der Waals surface area (Å²) in [6, 6.07) is 0. The van der Waals surface area contributed by atoms with Crippen LogP contribution in [-0.4, -0.2) is 34.8 Å². The molecule has 0 saturated carbocycles. The molecule has 0 radical (unpaired) electrons. The van der Waals surface area contributed by atoms with Crippen molar-refractivity contribution in [1.82, 2.24) is 0 Å². The van der Waals surface area contributed by atoms with Gasteiger partial charge in [0.1, 0.15) is 11.4 Å². The third kappa shape index (κ3) is 12.1. The minimum Gasteiger partial charge on any atom is -0.460 e. The van der Waals surface area contributed by atoms with Gasteiger partial charge >= 0.3 is 5.97 Å². The van der Waals surface area contributed by atoms with Gasteiger partial charge in [-0.3, -0.25) is 4.79 Å². The van der Waals surface area contributed by atoms with Gasteiger partial charge in [0.05, 0.1) is 6.10 Å². The van der Waals surface area contributed by atoms with Crippen molar-refractivity contribution in [2.24, 2.45) is 0 Å². The van der Waals surface area contributed by atoms with E-state index in [2.05, 4.69) is 6.92 Å². The van der Waals surface area contributed by atoms with Crippen molar-refractivity contribution in [3.63, 3.8) is 0 Å². The molecule has 0 amide bonds. The van der Waals surface area contributed by atoms with Gasteiger partial charge in [-0.1, -0.05) is 103 Å². The molecule has 160 valence electrons. The molecule has 0 bridgehead atoms. The fourth-order valence-corrected chi connectivity index (χ4v) is 4.63. The van der Waals surface area contributed by atoms with Gasteiger partial charge in [-0.2, -0.15) is 0 Å². The first-order valence-electron chi connectivity index (χ1n) is 11.6. The van der Waals surface area contributed by atoms with E-state index < -0.39 is 0 Å². The van der Waals surface area contributed by atoms with Crippen LogP contribution in [0.15, 0.2) is 0 Å². The zero-order valence-electron chi connectivity index (χ0n) is 17.9. The average molecular weight is 401 g/mol. The minimum atomic E-state index is -0.320. The second kappa shape index (κ2) is 16.7. The highest BCUT2D eigenvalue weighted by Crippen LogP contribution is 2.29. The zero-order chi connectivity index (χ0) is 19.7. The van der Waals surface area contributed by atoms with E-state index >= 15 is 0 Å². The molecule has 27 heavy (non-hydrogen) atoms. The van der Waals surface area contributed by atoms with Crippen molar-refractivity contribution in [1.29, 1.82) is 0 Å². The number of esters is 1. The molecule has 3 atom stereocenters. The second-order valence-corrected chi connectivity index (χ2v) is 9.24. The smallest absolute Gasteiger partial charge is 0.323 e. The van der Waals surface area contributed by atoms with E-state index in [1.54, 1.807) is 0 Å². The number of aliphatic hydroxyl groups is 1. The Kier molecular flexibility index (Phi) is 15.4. The van der Waals surface area contributed by atoms with Crippen molar-refractivity contribution in [3.8, 4) is 0 Å². The first kappa shape index (κ1) is 24.8. The number of unbranched alkanes of at least 4 members (excludes halogenated alkanes) is 14. The number of aliphatic hydroxyl groups excluding tert-OH is 1. The number of rotatable bonds is 19. The number of carbonyl (C=O) groups excluding carboxylic acids is 1. The molecule has 0 aromatic rings. The van der Waals surface area contributed by atoms with Crippen LogP contribution in [0, 0.1) is 0 Å². The molecule has 1 fully saturated rings. The predicted molar refractivity (Wildman–Crippen MR) is 117 cm³/mol. The summed E-state index contributed by atoms with van der Waals surface area (Å²) in [6.07, 6.45) is 23.4. The van der Waals surface area contributed by atoms with Crippen molar-refractivity contribution in [2.75, 3.05) is 6.26 Å². The Balaban J connectivity index is 1.77. The molecule has 1 aliphatic rings. The van der Waals surface area contributed by atoms with Gasteiger partial charge in [-0.15, -0.1) is 11.8 Å². The van der Waals surface area contributed by atoms with E-state index in [4.69, 9.17) is 4.74 Å². The Morgan fingerprint density at radius 2 is 1.30 bits per heavy atom. The number of hydrogen-bond donors (Lipinski definition) is 1. The van der Waals surface area contributed by atoms with Crippen molar-refractivity contribution >= 4 is 17.7 Å². The molecule has 3 nitrogen and oxygen atoms in total. The third-order valence-corrected chi connectivity index (χ3v) is 6.74. The Hall–Kier alpha value is -0.220. The Morgan fingerprint density at radius 1 is 0.852 bits per heavy atom. The third-order valence-electron chi connectivity index (χ3n) is 5.74. The summed E-state index contributed by atoms with van der Waals surface area (Å²) in [5.74, 6) is -0.119. The molecular formula is C23H44O3S. The van der Waals surface area contributed by atoms with E-state index in [-0.39, 0.29) is 23.4 Å². The van der Waals surface area contributed by atoms with Gasteiger partial charge < -0.3 is 9.84 Å². The maximum Gasteiger partial charge on any atom is 0.323 e. The summed E-state index contributed by atoms with van der Waals surface area (Å²) in [4.78, 5) is 11.2. The highest BCUT2D eigenvalue weighted by molar-refractivity contribution is 8.00. The summed E-state index contributed by atoms with van der Waals surface area (Å²) in [5.41, 5.74) is 0. The maximum atomic E-state index is 11.2. The highest BCUT2D eigenvalue weighted by atomic mass is 32.2. The topological polar surface area (TPSA) is 46.5 Å². The Labute approximate surface area is 172 Å². The van der Waals surface area contributed by atoms with Gasteiger partial charge in [0.25, 0.3) is 0 Å². The SMILES string of the molecule is CCCCCCCCCCCCCCCCCC(O)CC1OC(=O)C1SC. The van der Waals surface area contributed by atoms with Crippen LogP contribution in [0.25, 0.3) is 0 Å². The minimum absolute atomic E-state index is 0.0549. The van der Waals surface area contributed by atoms with Crippen LogP contribution in [0.4, 0.5) is 0 Å². The second-order valence-electron chi connectivity index (χ2n) is 8.26. The first-order chi connectivity index (χ1) is 13.2.